The molecule has 0 unspecified atom stereocenters. The van der Waals surface area contributed by atoms with Crippen molar-refractivity contribution < 1.29 is 4.79 Å². The third-order valence-electron chi connectivity index (χ3n) is 3.78. The van der Waals surface area contributed by atoms with E-state index in [0.717, 1.165) is 34.1 Å². The Morgan fingerprint density at radius 3 is 2.63 bits per heavy atom. The molecule has 19 heavy (non-hydrogen) atoms. The summed E-state index contributed by atoms with van der Waals surface area (Å²) in [5.74, 6) is 0.155. The SMILES string of the molecule is O=C1C2=CCC=CC2=Cc2cc3ccccc3cc21. The summed E-state index contributed by atoms with van der Waals surface area (Å²) in [7, 11) is 0. The molecule has 0 spiro atoms. The van der Waals surface area contributed by atoms with Gasteiger partial charge in [0.2, 0.25) is 0 Å². The van der Waals surface area contributed by atoms with E-state index in [1.807, 2.05) is 30.4 Å². The van der Waals surface area contributed by atoms with Crippen molar-refractivity contribution in [3.05, 3.63) is 76.9 Å². The van der Waals surface area contributed by atoms with E-state index in [1.54, 1.807) is 0 Å². The number of Topliss-reactive ketones (excluding diaryl/α,β-unsaturated/α-hetero) is 1. The van der Waals surface area contributed by atoms with Gasteiger partial charge >= 0.3 is 0 Å². The Bertz CT molecular complexity index is 804. The molecule has 0 aromatic heterocycles. The summed E-state index contributed by atoms with van der Waals surface area (Å²) in [5.41, 5.74) is 3.75. The number of carbonyl (C=O) groups excluding carboxylic acids is 1. The molecule has 1 nitrogen and oxygen atoms in total. The van der Waals surface area contributed by atoms with Crippen molar-refractivity contribution in [3.8, 4) is 0 Å². The largest absolute Gasteiger partial charge is 0.289 e. The van der Waals surface area contributed by atoms with Gasteiger partial charge in [0.15, 0.2) is 5.78 Å². The van der Waals surface area contributed by atoms with Crippen molar-refractivity contribution in [1.29, 1.82) is 0 Å². The number of benzene rings is 2. The third-order valence-corrected chi connectivity index (χ3v) is 3.78. The van der Waals surface area contributed by atoms with Crippen molar-refractivity contribution in [1.82, 2.24) is 0 Å². The van der Waals surface area contributed by atoms with Gasteiger partial charge in [0.05, 0.1) is 0 Å². The molecule has 0 saturated heterocycles. The number of carbonyl (C=O) groups is 1. The normalized spacial score (nSPS) is 16.7. The van der Waals surface area contributed by atoms with E-state index in [1.165, 1.54) is 5.39 Å². The average molecular weight is 244 g/mol. The fraction of sp³-hybridized carbons (Fsp3) is 0.0556. The minimum absolute atomic E-state index is 0.155. The van der Waals surface area contributed by atoms with Crippen molar-refractivity contribution >= 4 is 22.6 Å². The molecule has 0 amide bonds. The van der Waals surface area contributed by atoms with Crippen LogP contribution in [-0.2, 0) is 0 Å². The van der Waals surface area contributed by atoms with Gasteiger partial charge in [-0.2, -0.15) is 0 Å². The second-order valence-corrected chi connectivity index (χ2v) is 4.97. The van der Waals surface area contributed by atoms with Crippen molar-refractivity contribution in [2.24, 2.45) is 0 Å². The number of hydrogen-bond acceptors (Lipinski definition) is 1. The summed E-state index contributed by atoms with van der Waals surface area (Å²) in [4.78, 5) is 12.6. The van der Waals surface area contributed by atoms with Gasteiger partial charge in [-0.3, -0.25) is 4.79 Å². The van der Waals surface area contributed by atoms with Crippen LogP contribution in [0.15, 0.2) is 65.8 Å². The standard InChI is InChI=1S/C18H12O/c19-18-16-8-4-3-7-14(16)10-15-9-12-5-1-2-6-13(12)11-17(15)18/h1-3,5-11H,4H2. The van der Waals surface area contributed by atoms with Gasteiger partial charge in [0, 0.05) is 11.1 Å². The first-order valence-electron chi connectivity index (χ1n) is 6.49. The Labute approximate surface area is 111 Å². The Hall–Kier alpha value is -2.41. The van der Waals surface area contributed by atoms with Gasteiger partial charge in [-0.25, -0.2) is 0 Å². The molecule has 90 valence electrons. The number of rotatable bonds is 0. The third kappa shape index (κ3) is 1.52. The average Bonchev–Trinajstić information content (AvgIpc) is 2.46. The molecule has 2 aliphatic carbocycles. The van der Waals surface area contributed by atoms with E-state index in [-0.39, 0.29) is 5.78 Å². The molecule has 0 atom stereocenters. The van der Waals surface area contributed by atoms with Crippen LogP contribution in [0.1, 0.15) is 22.3 Å². The molecule has 2 aliphatic rings. The topological polar surface area (TPSA) is 17.1 Å². The summed E-state index contributed by atoms with van der Waals surface area (Å²) in [6.07, 6.45) is 9.12. The van der Waals surface area contributed by atoms with E-state index in [9.17, 15) is 4.79 Å². The van der Waals surface area contributed by atoms with Crippen LogP contribution in [-0.4, -0.2) is 5.78 Å². The summed E-state index contributed by atoms with van der Waals surface area (Å²) in [6, 6.07) is 12.3. The minimum Gasteiger partial charge on any atom is -0.289 e. The van der Waals surface area contributed by atoms with Crippen LogP contribution in [0.3, 0.4) is 0 Å². The number of hydrogen-bond donors (Lipinski definition) is 0. The first-order chi connectivity index (χ1) is 9.33. The zero-order chi connectivity index (χ0) is 12.8. The summed E-state index contributed by atoms with van der Waals surface area (Å²) < 4.78 is 0. The van der Waals surface area contributed by atoms with Gasteiger partial charge in [0.25, 0.3) is 0 Å². The Morgan fingerprint density at radius 1 is 1.00 bits per heavy atom. The highest BCUT2D eigenvalue weighted by Gasteiger charge is 2.23. The fourth-order valence-corrected chi connectivity index (χ4v) is 2.82. The highest BCUT2D eigenvalue weighted by molar-refractivity contribution is 6.18. The number of ketones is 1. The summed E-state index contributed by atoms with van der Waals surface area (Å²) in [5, 5.41) is 2.30. The molecule has 0 N–H and O–H groups in total. The van der Waals surface area contributed by atoms with Crippen LogP contribution in [0.2, 0.25) is 0 Å². The maximum Gasteiger partial charge on any atom is 0.193 e. The summed E-state index contributed by atoms with van der Waals surface area (Å²) >= 11 is 0. The molecule has 0 saturated carbocycles. The lowest BCUT2D eigenvalue weighted by Gasteiger charge is -2.19. The molecule has 0 fully saturated rings. The first kappa shape index (κ1) is 10.5. The van der Waals surface area contributed by atoms with E-state index in [2.05, 4.69) is 30.4 Å². The van der Waals surface area contributed by atoms with E-state index in [4.69, 9.17) is 0 Å². The van der Waals surface area contributed by atoms with E-state index < -0.39 is 0 Å². The number of allylic oxidation sites excluding steroid dienone is 5. The van der Waals surface area contributed by atoms with Gasteiger partial charge < -0.3 is 0 Å². The minimum atomic E-state index is 0.155. The van der Waals surface area contributed by atoms with Crippen LogP contribution in [0.4, 0.5) is 0 Å². The molecule has 0 heterocycles. The van der Waals surface area contributed by atoms with E-state index in [0.29, 0.717) is 0 Å². The number of fused-ring (bicyclic) bond motifs is 3. The monoisotopic (exact) mass is 244 g/mol. The Balaban J connectivity index is 2.04. The first-order valence-corrected chi connectivity index (χ1v) is 6.49. The fourth-order valence-electron chi connectivity index (χ4n) is 2.82. The van der Waals surface area contributed by atoms with Crippen molar-refractivity contribution in [2.75, 3.05) is 0 Å². The molecule has 2 aromatic carbocycles. The highest BCUT2D eigenvalue weighted by atomic mass is 16.1. The Kier molecular flexibility index (Phi) is 2.10. The zero-order valence-electron chi connectivity index (χ0n) is 10.4. The molecular formula is C18H12O. The van der Waals surface area contributed by atoms with Gasteiger partial charge in [-0.1, -0.05) is 42.5 Å². The van der Waals surface area contributed by atoms with E-state index >= 15 is 0 Å². The van der Waals surface area contributed by atoms with Gasteiger partial charge in [-0.15, -0.1) is 0 Å². The van der Waals surface area contributed by atoms with Crippen LogP contribution in [0.25, 0.3) is 16.8 Å². The maximum atomic E-state index is 12.6. The lowest BCUT2D eigenvalue weighted by molar-refractivity contribution is 0.103. The van der Waals surface area contributed by atoms with Crippen LogP contribution in [0, 0.1) is 0 Å². The molecule has 4 rings (SSSR count). The maximum absolute atomic E-state index is 12.6. The van der Waals surface area contributed by atoms with Crippen LogP contribution in [0.5, 0.6) is 0 Å². The lowest BCUT2D eigenvalue weighted by atomic mass is 9.83. The second kappa shape index (κ2) is 3.79. The molecule has 0 bridgehead atoms. The lowest BCUT2D eigenvalue weighted by Crippen LogP contribution is -2.13. The summed E-state index contributed by atoms with van der Waals surface area (Å²) in [6.45, 7) is 0. The highest BCUT2D eigenvalue weighted by Crippen LogP contribution is 2.33. The van der Waals surface area contributed by atoms with Gasteiger partial charge in [-0.05, 0) is 46.5 Å². The molecule has 2 aromatic rings. The second-order valence-electron chi connectivity index (χ2n) is 4.97. The molecule has 1 heteroatoms. The van der Waals surface area contributed by atoms with Crippen LogP contribution >= 0.6 is 0 Å². The molecule has 0 radical (unpaired) electrons. The van der Waals surface area contributed by atoms with Crippen molar-refractivity contribution in [3.63, 3.8) is 0 Å². The zero-order valence-corrected chi connectivity index (χ0v) is 10.4. The Morgan fingerprint density at radius 2 is 1.79 bits per heavy atom. The predicted molar refractivity (Wildman–Crippen MR) is 78.1 cm³/mol. The smallest absolute Gasteiger partial charge is 0.193 e. The van der Waals surface area contributed by atoms with Crippen LogP contribution < -0.4 is 0 Å². The van der Waals surface area contributed by atoms with Gasteiger partial charge in [0.1, 0.15) is 0 Å². The van der Waals surface area contributed by atoms with Crippen molar-refractivity contribution in [2.45, 2.75) is 6.42 Å². The molecular weight excluding hydrogens is 232 g/mol. The quantitative estimate of drug-likeness (QED) is 0.675. The molecule has 0 aliphatic heterocycles. The predicted octanol–water partition coefficient (Wildman–Crippen LogP) is 4.31.